The maximum Gasteiger partial charge on any atom is 0.319 e. The summed E-state index contributed by atoms with van der Waals surface area (Å²) in [7, 11) is 3.99. The van der Waals surface area contributed by atoms with Gasteiger partial charge in [0.15, 0.2) is 0 Å². The van der Waals surface area contributed by atoms with Crippen LogP contribution in [0.5, 0.6) is 5.75 Å². The molecule has 2 aromatic carbocycles. The number of carbonyl (C=O) groups is 1. The number of amides is 2. The van der Waals surface area contributed by atoms with Crippen molar-refractivity contribution in [2.45, 2.75) is 26.8 Å². The fourth-order valence-corrected chi connectivity index (χ4v) is 2.36. The third-order valence-corrected chi connectivity index (χ3v) is 3.73. The van der Waals surface area contributed by atoms with E-state index in [1.807, 2.05) is 62.3 Å². The number of carbonyl (C=O) groups excluding carboxylic acids is 1. The molecule has 2 N–H and O–H groups in total. The predicted octanol–water partition coefficient (Wildman–Crippen LogP) is 4.17. The number of nitrogens with zero attached hydrogens (tertiary/aromatic N) is 1. The number of urea groups is 1. The first-order valence-electron chi connectivity index (χ1n) is 8.54. The summed E-state index contributed by atoms with van der Waals surface area (Å²) in [6.45, 7) is 5.14. The molecule has 0 bridgehead atoms. The van der Waals surface area contributed by atoms with E-state index in [0.29, 0.717) is 24.6 Å². The molecule has 0 saturated carbocycles. The lowest BCUT2D eigenvalue weighted by Crippen LogP contribution is -2.28. The molecule has 0 radical (unpaired) electrons. The smallest absolute Gasteiger partial charge is 0.319 e. The van der Waals surface area contributed by atoms with Crippen molar-refractivity contribution in [3.63, 3.8) is 0 Å². The van der Waals surface area contributed by atoms with Crippen molar-refractivity contribution in [2.75, 3.05) is 30.9 Å². The van der Waals surface area contributed by atoms with Crippen LogP contribution in [0.25, 0.3) is 0 Å². The Labute approximate surface area is 150 Å². The molecule has 0 heterocycles. The lowest BCUT2D eigenvalue weighted by atomic mass is 10.2. The molecule has 0 fully saturated rings. The second kappa shape index (κ2) is 8.97. The number of rotatable bonds is 7. The predicted molar refractivity (Wildman–Crippen MR) is 104 cm³/mol. The summed E-state index contributed by atoms with van der Waals surface area (Å²) in [6.07, 6.45) is 0.918. The average Bonchev–Trinajstić information content (AvgIpc) is 2.60. The highest BCUT2D eigenvalue weighted by Crippen LogP contribution is 2.26. The molecule has 0 atom stereocenters. The third-order valence-electron chi connectivity index (χ3n) is 3.73. The summed E-state index contributed by atoms with van der Waals surface area (Å²) < 4.78 is 5.72. The molecule has 0 spiro atoms. The number of aryl methyl sites for hydroxylation is 1. The molecular formula is C20H27N3O2. The number of nitrogens with one attached hydrogen (secondary N) is 2. The zero-order valence-electron chi connectivity index (χ0n) is 15.4. The highest BCUT2D eigenvalue weighted by atomic mass is 16.5. The van der Waals surface area contributed by atoms with Gasteiger partial charge in [-0.05, 0) is 48.7 Å². The third kappa shape index (κ3) is 5.71. The fraction of sp³-hybridized carbons (Fsp3) is 0.350. The van der Waals surface area contributed by atoms with Crippen LogP contribution in [0.2, 0.25) is 0 Å². The minimum Gasteiger partial charge on any atom is -0.491 e. The summed E-state index contributed by atoms with van der Waals surface area (Å²) in [4.78, 5) is 14.3. The maximum absolute atomic E-state index is 12.2. The van der Waals surface area contributed by atoms with Gasteiger partial charge in [-0.3, -0.25) is 0 Å². The maximum atomic E-state index is 12.2. The van der Waals surface area contributed by atoms with Crippen molar-refractivity contribution in [1.29, 1.82) is 0 Å². The van der Waals surface area contributed by atoms with E-state index in [4.69, 9.17) is 4.74 Å². The molecule has 25 heavy (non-hydrogen) atoms. The van der Waals surface area contributed by atoms with Gasteiger partial charge in [-0.1, -0.05) is 25.1 Å². The Morgan fingerprint density at radius 3 is 2.68 bits per heavy atom. The van der Waals surface area contributed by atoms with Crippen LogP contribution in [0.1, 0.15) is 24.5 Å². The highest BCUT2D eigenvalue weighted by molar-refractivity contribution is 5.91. The van der Waals surface area contributed by atoms with Crippen molar-refractivity contribution in [3.8, 4) is 5.75 Å². The molecule has 0 aliphatic heterocycles. The molecular weight excluding hydrogens is 314 g/mol. The van der Waals surface area contributed by atoms with Gasteiger partial charge in [-0.25, -0.2) is 4.79 Å². The first-order chi connectivity index (χ1) is 12.0. The molecule has 0 aliphatic carbocycles. The monoisotopic (exact) mass is 341 g/mol. The van der Waals surface area contributed by atoms with E-state index in [0.717, 1.165) is 23.2 Å². The second-order valence-corrected chi connectivity index (χ2v) is 6.22. The fourth-order valence-electron chi connectivity index (χ4n) is 2.36. The quantitative estimate of drug-likeness (QED) is 0.795. The van der Waals surface area contributed by atoms with Gasteiger partial charge in [0, 0.05) is 26.3 Å². The van der Waals surface area contributed by atoms with E-state index in [2.05, 4.69) is 23.6 Å². The van der Waals surface area contributed by atoms with Crippen LogP contribution in [0, 0.1) is 6.92 Å². The molecule has 2 rings (SSSR count). The standard InChI is InChI=1S/C20H27N3O2/c1-5-11-25-19-12-15(2)9-10-18(19)22-20(24)21-14-16-7-6-8-17(13-16)23(3)4/h6-10,12-13H,5,11,14H2,1-4H3,(H2,21,22,24). The van der Waals surface area contributed by atoms with Gasteiger partial charge in [0.25, 0.3) is 0 Å². The van der Waals surface area contributed by atoms with Gasteiger partial charge in [0.05, 0.1) is 12.3 Å². The van der Waals surface area contributed by atoms with Gasteiger partial charge >= 0.3 is 6.03 Å². The van der Waals surface area contributed by atoms with Crippen LogP contribution in [-0.2, 0) is 6.54 Å². The molecule has 0 aromatic heterocycles. The number of ether oxygens (including phenoxy) is 1. The SMILES string of the molecule is CCCOc1cc(C)ccc1NC(=O)NCc1cccc(N(C)C)c1. The zero-order valence-corrected chi connectivity index (χ0v) is 15.4. The molecule has 0 saturated heterocycles. The number of anilines is 2. The average molecular weight is 341 g/mol. The van der Waals surface area contributed by atoms with Crippen LogP contribution in [0.4, 0.5) is 16.2 Å². The van der Waals surface area contributed by atoms with Gasteiger partial charge < -0.3 is 20.3 Å². The van der Waals surface area contributed by atoms with E-state index < -0.39 is 0 Å². The summed E-state index contributed by atoms with van der Waals surface area (Å²) in [5, 5.41) is 5.76. The van der Waals surface area contributed by atoms with E-state index in [-0.39, 0.29) is 6.03 Å². The molecule has 0 unspecified atom stereocenters. The van der Waals surface area contributed by atoms with Crippen molar-refractivity contribution >= 4 is 17.4 Å². The normalized spacial score (nSPS) is 10.2. The molecule has 5 nitrogen and oxygen atoms in total. The van der Waals surface area contributed by atoms with Gasteiger partial charge in [0.1, 0.15) is 5.75 Å². The Balaban J connectivity index is 1.97. The van der Waals surface area contributed by atoms with Crippen LogP contribution in [0.3, 0.4) is 0 Å². The van der Waals surface area contributed by atoms with Gasteiger partial charge in [-0.15, -0.1) is 0 Å². The first-order valence-corrected chi connectivity index (χ1v) is 8.54. The Bertz CT molecular complexity index is 714. The van der Waals surface area contributed by atoms with Crippen molar-refractivity contribution in [1.82, 2.24) is 5.32 Å². The molecule has 134 valence electrons. The first kappa shape index (κ1) is 18.6. The van der Waals surface area contributed by atoms with Crippen molar-refractivity contribution in [3.05, 3.63) is 53.6 Å². The number of hydrogen-bond acceptors (Lipinski definition) is 3. The topological polar surface area (TPSA) is 53.6 Å². The van der Waals surface area contributed by atoms with E-state index >= 15 is 0 Å². The summed E-state index contributed by atoms with van der Waals surface area (Å²) in [5.74, 6) is 0.701. The Morgan fingerprint density at radius 2 is 1.96 bits per heavy atom. The van der Waals surface area contributed by atoms with Crippen LogP contribution >= 0.6 is 0 Å². The number of benzene rings is 2. The Morgan fingerprint density at radius 1 is 1.16 bits per heavy atom. The largest absolute Gasteiger partial charge is 0.491 e. The zero-order chi connectivity index (χ0) is 18.2. The van der Waals surface area contributed by atoms with Crippen LogP contribution in [0.15, 0.2) is 42.5 Å². The lowest BCUT2D eigenvalue weighted by Gasteiger charge is -2.15. The highest BCUT2D eigenvalue weighted by Gasteiger charge is 2.08. The van der Waals surface area contributed by atoms with Crippen LogP contribution < -0.4 is 20.3 Å². The Kier molecular flexibility index (Phi) is 6.69. The van der Waals surface area contributed by atoms with Crippen molar-refractivity contribution < 1.29 is 9.53 Å². The van der Waals surface area contributed by atoms with Gasteiger partial charge in [0.2, 0.25) is 0 Å². The van der Waals surface area contributed by atoms with E-state index in [9.17, 15) is 4.79 Å². The molecule has 5 heteroatoms. The van der Waals surface area contributed by atoms with E-state index in [1.54, 1.807) is 0 Å². The molecule has 0 aliphatic rings. The minimum absolute atomic E-state index is 0.250. The van der Waals surface area contributed by atoms with E-state index in [1.165, 1.54) is 0 Å². The summed E-state index contributed by atoms with van der Waals surface area (Å²) in [5.41, 5.74) is 3.93. The molecule has 2 amide bonds. The van der Waals surface area contributed by atoms with Gasteiger partial charge in [-0.2, -0.15) is 0 Å². The summed E-state index contributed by atoms with van der Waals surface area (Å²) >= 11 is 0. The second-order valence-electron chi connectivity index (χ2n) is 6.22. The Hall–Kier alpha value is -2.69. The van der Waals surface area contributed by atoms with Crippen molar-refractivity contribution in [2.24, 2.45) is 0 Å². The van der Waals surface area contributed by atoms with Crippen LogP contribution in [-0.4, -0.2) is 26.7 Å². The minimum atomic E-state index is -0.250. The lowest BCUT2D eigenvalue weighted by molar-refractivity contribution is 0.251. The number of hydrogen-bond donors (Lipinski definition) is 2. The molecule has 2 aromatic rings. The summed E-state index contributed by atoms with van der Waals surface area (Å²) in [6, 6.07) is 13.6.